The third-order valence-corrected chi connectivity index (χ3v) is 4.81. The average molecular weight is 299 g/mol. The summed E-state index contributed by atoms with van der Waals surface area (Å²) in [5, 5.41) is 19.9. The Hall–Kier alpha value is -1.41. The van der Waals surface area contributed by atoms with Crippen molar-refractivity contribution in [2.75, 3.05) is 32.7 Å². The topological polar surface area (TPSA) is 50.5 Å². The van der Waals surface area contributed by atoms with E-state index >= 15 is 0 Å². The molecule has 0 radical (unpaired) electrons. The Balaban J connectivity index is 1.61. The van der Waals surface area contributed by atoms with Gasteiger partial charge in [-0.25, -0.2) is 0 Å². The number of nitrogens with zero attached hydrogens (tertiary/aromatic N) is 3. The number of benzene rings is 1. The van der Waals surface area contributed by atoms with Gasteiger partial charge < -0.3 is 10.0 Å². The molecule has 3 rings (SSSR count). The molecular weight excluding hydrogens is 274 g/mol. The summed E-state index contributed by atoms with van der Waals surface area (Å²) in [7, 11) is 0. The van der Waals surface area contributed by atoms with Crippen molar-refractivity contribution < 1.29 is 5.11 Å². The van der Waals surface area contributed by atoms with Crippen molar-refractivity contribution >= 4 is 0 Å². The highest BCUT2D eigenvalue weighted by atomic mass is 16.3. The van der Waals surface area contributed by atoms with Crippen LogP contribution in [-0.2, 0) is 6.54 Å². The number of hydrogen-bond acceptors (Lipinski definition) is 4. The Morgan fingerprint density at radius 2 is 1.91 bits per heavy atom. The molecule has 0 amide bonds. The summed E-state index contributed by atoms with van der Waals surface area (Å²) in [5.74, 6) is 0. The molecule has 2 fully saturated rings. The molecule has 2 aliphatic heterocycles. The van der Waals surface area contributed by atoms with Gasteiger partial charge in [0.1, 0.15) is 0 Å². The average Bonchev–Trinajstić information content (AvgIpc) is 2.99. The SMILES string of the molecule is N#Cc1cccc(CN2CCC[C@](O)(CN3CCCC3)C2)c1. The molecule has 0 aliphatic carbocycles. The molecule has 1 aromatic carbocycles. The number of β-amino-alcohol motifs (C(OH)–C–C–N with tert-alkyl or cyclic N) is 1. The highest BCUT2D eigenvalue weighted by molar-refractivity contribution is 5.32. The van der Waals surface area contributed by atoms with E-state index in [9.17, 15) is 5.11 Å². The molecule has 1 atom stereocenters. The molecule has 2 heterocycles. The molecule has 0 aromatic heterocycles. The lowest BCUT2D eigenvalue weighted by atomic mass is 9.92. The maximum Gasteiger partial charge on any atom is 0.0991 e. The van der Waals surface area contributed by atoms with Gasteiger partial charge in [0, 0.05) is 19.6 Å². The molecule has 0 saturated carbocycles. The second-order valence-electron chi connectivity index (χ2n) is 6.83. The van der Waals surface area contributed by atoms with E-state index in [2.05, 4.69) is 21.9 Å². The Labute approximate surface area is 133 Å². The molecule has 4 nitrogen and oxygen atoms in total. The fraction of sp³-hybridized carbons (Fsp3) is 0.611. The van der Waals surface area contributed by atoms with Crippen LogP contribution in [0, 0.1) is 11.3 Å². The zero-order chi connectivity index (χ0) is 15.4. The lowest BCUT2D eigenvalue weighted by molar-refractivity contribution is -0.0519. The van der Waals surface area contributed by atoms with Crippen LogP contribution in [-0.4, -0.2) is 53.2 Å². The third-order valence-electron chi connectivity index (χ3n) is 4.81. The molecule has 2 aliphatic rings. The van der Waals surface area contributed by atoms with Gasteiger partial charge in [0.05, 0.1) is 17.2 Å². The predicted molar refractivity (Wildman–Crippen MR) is 86.3 cm³/mol. The van der Waals surface area contributed by atoms with Crippen LogP contribution in [0.3, 0.4) is 0 Å². The van der Waals surface area contributed by atoms with E-state index in [1.165, 1.54) is 12.8 Å². The van der Waals surface area contributed by atoms with Crippen LogP contribution in [0.15, 0.2) is 24.3 Å². The monoisotopic (exact) mass is 299 g/mol. The first kappa shape index (κ1) is 15.5. The molecule has 22 heavy (non-hydrogen) atoms. The van der Waals surface area contributed by atoms with Crippen molar-refractivity contribution in [2.45, 2.75) is 37.8 Å². The van der Waals surface area contributed by atoms with Crippen LogP contribution in [0.5, 0.6) is 0 Å². The number of hydrogen-bond donors (Lipinski definition) is 1. The quantitative estimate of drug-likeness (QED) is 0.923. The molecule has 118 valence electrons. The van der Waals surface area contributed by atoms with Gasteiger partial charge in [0.25, 0.3) is 0 Å². The van der Waals surface area contributed by atoms with E-state index in [0.29, 0.717) is 5.56 Å². The number of likely N-dealkylation sites (tertiary alicyclic amines) is 2. The Morgan fingerprint density at radius 1 is 1.14 bits per heavy atom. The maximum absolute atomic E-state index is 10.9. The molecule has 0 bridgehead atoms. The molecule has 4 heteroatoms. The zero-order valence-electron chi connectivity index (χ0n) is 13.2. The minimum Gasteiger partial charge on any atom is -0.387 e. The lowest BCUT2D eigenvalue weighted by Gasteiger charge is -2.41. The zero-order valence-corrected chi connectivity index (χ0v) is 13.2. The largest absolute Gasteiger partial charge is 0.387 e. The van der Waals surface area contributed by atoms with Gasteiger partial charge >= 0.3 is 0 Å². The van der Waals surface area contributed by atoms with Gasteiger partial charge in [-0.05, 0) is 63.0 Å². The molecule has 1 N–H and O–H groups in total. The third kappa shape index (κ3) is 3.86. The van der Waals surface area contributed by atoms with Crippen molar-refractivity contribution in [2.24, 2.45) is 0 Å². The van der Waals surface area contributed by atoms with Gasteiger partial charge in [0.2, 0.25) is 0 Å². The Bertz CT molecular complexity index is 548. The number of nitriles is 1. The van der Waals surface area contributed by atoms with E-state index in [0.717, 1.165) is 57.7 Å². The van der Waals surface area contributed by atoms with Crippen LogP contribution < -0.4 is 0 Å². The number of aliphatic hydroxyl groups is 1. The summed E-state index contributed by atoms with van der Waals surface area (Å²) in [6.45, 7) is 5.65. The van der Waals surface area contributed by atoms with Crippen molar-refractivity contribution in [3.8, 4) is 6.07 Å². The summed E-state index contributed by atoms with van der Waals surface area (Å²) in [6, 6.07) is 9.99. The minimum atomic E-state index is -0.574. The highest BCUT2D eigenvalue weighted by Crippen LogP contribution is 2.25. The fourth-order valence-corrected chi connectivity index (χ4v) is 3.82. The van der Waals surface area contributed by atoms with Gasteiger partial charge in [-0.2, -0.15) is 5.26 Å². The summed E-state index contributed by atoms with van der Waals surface area (Å²) in [5.41, 5.74) is 1.29. The highest BCUT2D eigenvalue weighted by Gasteiger charge is 2.35. The van der Waals surface area contributed by atoms with E-state index in [4.69, 9.17) is 5.26 Å². The summed E-state index contributed by atoms with van der Waals surface area (Å²) in [6.07, 6.45) is 4.47. The van der Waals surface area contributed by atoms with Crippen molar-refractivity contribution in [1.82, 2.24) is 9.80 Å². The van der Waals surface area contributed by atoms with Crippen LogP contribution in [0.4, 0.5) is 0 Å². The number of piperidine rings is 1. The van der Waals surface area contributed by atoms with E-state index < -0.39 is 5.60 Å². The standard InChI is InChI=1S/C18H25N3O/c19-12-16-5-3-6-17(11-16)13-21-10-4-7-18(22,15-21)14-20-8-1-2-9-20/h3,5-6,11,22H,1-2,4,7-10,13-15H2/t18-/m0/s1. The maximum atomic E-state index is 10.9. The van der Waals surface area contributed by atoms with Crippen LogP contribution in [0.1, 0.15) is 36.8 Å². The molecule has 1 aromatic rings. The normalized spacial score (nSPS) is 26.9. The Kier molecular flexibility index (Phi) is 4.77. The van der Waals surface area contributed by atoms with Crippen LogP contribution in [0.25, 0.3) is 0 Å². The summed E-state index contributed by atoms with van der Waals surface area (Å²) < 4.78 is 0. The summed E-state index contributed by atoms with van der Waals surface area (Å²) >= 11 is 0. The van der Waals surface area contributed by atoms with E-state index in [1.54, 1.807) is 0 Å². The van der Waals surface area contributed by atoms with E-state index in [1.807, 2.05) is 18.2 Å². The second-order valence-corrected chi connectivity index (χ2v) is 6.83. The molecule has 0 unspecified atom stereocenters. The number of rotatable bonds is 4. The lowest BCUT2D eigenvalue weighted by Crippen LogP contribution is -2.53. The van der Waals surface area contributed by atoms with Gasteiger partial charge in [-0.15, -0.1) is 0 Å². The fourth-order valence-electron chi connectivity index (χ4n) is 3.82. The van der Waals surface area contributed by atoms with Crippen molar-refractivity contribution in [1.29, 1.82) is 5.26 Å². The minimum absolute atomic E-state index is 0.574. The first-order valence-electron chi connectivity index (χ1n) is 8.33. The van der Waals surface area contributed by atoms with Crippen molar-refractivity contribution in [3.05, 3.63) is 35.4 Å². The van der Waals surface area contributed by atoms with E-state index in [-0.39, 0.29) is 0 Å². The molecule has 2 saturated heterocycles. The molecular formula is C18H25N3O. The molecule has 0 spiro atoms. The van der Waals surface area contributed by atoms with Gasteiger partial charge in [-0.1, -0.05) is 12.1 Å². The Morgan fingerprint density at radius 3 is 2.68 bits per heavy atom. The predicted octanol–water partition coefficient (Wildman–Crippen LogP) is 1.98. The van der Waals surface area contributed by atoms with Crippen molar-refractivity contribution in [3.63, 3.8) is 0 Å². The second kappa shape index (κ2) is 6.78. The van der Waals surface area contributed by atoms with Gasteiger partial charge in [-0.3, -0.25) is 4.90 Å². The first-order valence-corrected chi connectivity index (χ1v) is 8.33. The van der Waals surface area contributed by atoms with Crippen LogP contribution in [0.2, 0.25) is 0 Å². The van der Waals surface area contributed by atoms with Gasteiger partial charge in [0.15, 0.2) is 0 Å². The smallest absolute Gasteiger partial charge is 0.0991 e. The first-order chi connectivity index (χ1) is 10.7. The summed E-state index contributed by atoms with van der Waals surface area (Å²) in [4.78, 5) is 4.73. The van der Waals surface area contributed by atoms with Crippen LogP contribution >= 0.6 is 0 Å².